The molecule has 0 aromatic carbocycles. The summed E-state index contributed by atoms with van der Waals surface area (Å²) in [6.07, 6.45) is -5.78. The van der Waals surface area contributed by atoms with Gasteiger partial charge >= 0.3 is 5.97 Å². The summed E-state index contributed by atoms with van der Waals surface area (Å²) in [6, 6.07) is 0. The topological polar surface area (TPSA) is 94.5 Å². The molecule has 0 bridgehead atoms. The lowest BCUT2D eigenvalue weighted by atomic mass is 9.99. The normalized spacial score (nSPS) is 39.4. The molecule has 1 saturated heterocycles. The Kier molecular flexibility index (Phi) is 4.63. The van der Waals surface area contributed by atoms with Crippen LogP contribution in [0.5, 0.6) is 0 Å². The van der Waals surface area contributed by atoms with Crippen LogP contribution in [-0.2, 0) is 23.7 Å². The smallest absolute Gasteiger partial charge is 0.337 e. The highest BCUT2D eigenvalue weighted by atomic mass is 16.7. The maximum atomic E-state index is 11.4. The van der Waals surface area contributed by atoms with E-state index in [1.807, 2.05) is 0 Å². The minimum absolute atomic E-state index is 0.695. The van der Waals surface area contributed by atoms with E-state index in [1.54, 1.807) is 0 Å². The van der Waals surface area contributed by atoms with E-state index in [2.05, 4.69) is 4.74 Å². The number of ether oxygens (including phenoxy) is 4. The van der Waals surface area contributed by atoms with Gasteiger partial charge in [0.1, 0.15) is 18.3 Å². The first kappa shape index (κ1) is 13.3. The maximum Gasteiger partial charge on any atom is 0.337 e. The summed E-state index contributed by atoms with van der Waals surface area (Å²) in [6.45, 7) is 0. The fourth-order valence-corrected chi connectivity index (χ4v) is 1.60. The largest absolute Gasteiger partial charge is 0.467 e. The van der Waals surface area contributed by atoms with Crippen LogP contribution in [0.4, 0.5) is 0 Å². The van der Waals surface area contributed by atoms with Crippen LogP contribution >= 0.6 is 0 Å². The Morgan fingerprint density at radius 2 is 1.75 bits per heavy atom. The van der Waals surface area contributed by atoms with Crippen LogP contribution in [-0.4, -0.2) is 68.2 Å². The van der Waals surface area contributed by atoms with Gasteiger partial charge in [-0.05, 0) is 0 Å². The van der Waals surface area contributed by atoms with Crippen molar-refractivity contribution in [3.63, 3.8) is 0 Å². The zero-order chi connectivity index (χ0) is 12.3. The minimum Gasteiger partial charge on any atom is -0.467 e. The Labute approximate surface area is 92.9 Å². The van der Waals surface area contributed by atoms with E-state index in [-0.39, 0.29) is 0 Å². The molecular formula is C9H16O7. The van der Waals surface area contributed by atoms with Crippen LogP contribution in [0.25, 0.3) is 0 Å². The number of hydrogen-bond acceptors (Lipinski definition) is 7. The van der Waals surface area contributed by atoms with Gasteiger partial charge < -0.3 is 29.2 Å². The molecule has 0 aromatic rings. The fourth-order valence-electron chi connectivity index (χ4n) is 1.60. The highest BCUT2D eigenvalue weighted by Gasteiger charge is 2.48. The van der Waals surface area contributed by atoms with Crippen LogP contribution in [0.1, 0.15) is 0 Å². The summed E-state index contributed by atoms with van der Waals surface area (Å²) in [5, 5.41) is 19.3. The quantitative estimate of drug-likeness (QED) is 0.562. The van der Waals surface area contributed by atoms with Crippen molar-refractivity contribution >= 4 is 5.97 Å². The van der Waals surface area contributed by atoms with Gasteiger partial charge in [-0.1, -0.05) is 0 Å². The van der Waals surface area contributed by atoms with Crippen molar-refractivity contribution < 1.29 is 34.0 Å². The van der Waals surface area contributed by atoms with Crippen molar-refractivity contribution in [2.24, 2.45) is 0 Å². The monoisotopic (exact) mass is 236 g/mol. The standard InChI is InChI=1S/C9H16O7/c1-13-6-4(10)5(11)9(15-3)16-7(6)8(12)14-2/h4-7,9-11H,1-3H3. The molecule has 0 amide bonds. The molecule has 1 fully saturated rings. The average Bonchev–Trinajstić information content (AvgIpc) is 2.31. The van der Waals surface area contributed by atoms with Crippen LogP contribution in [0.15, 0.2) is 0 Å². The van der Waals surface area contributed by atoms with Crippen molar-refractivity contribution in [3.8, 4) is 0 Å². The summed E-state index contributed by atoms with van der Waals surface area (Å²) in [5.74, 6) is -0.695. The SMILES string of the molecule is COC(=O)C1OC(OC)C(O)C(O)C1OC. The lowest BCUT2D eigenvalue weighted by Crippen LogP contribution is -2.60. The average molecular weight is 236 g/mol. The van der Waals surface area contributed by atoms with Gasteiger partial charge in [0.25, 0.3) is 0 Å². The zero-order valence-corrected chi connectivity index (χ0v) is 9.32. The van der Waals surface area contributed by atoms with Crippen molar-refractivity contribution in [2.75, 3.05) is 21.3 Å². The number of aliphatic hydroxyl groups excluding tert-OH is 2. The molecule has 5 unspecified atom stereocenters. The van der Waals surface area contributed by atoms with E-state index >= 15 is 0 Å². The van der Waals surface area contributed by atoms with Crippen LogP contribution in [0.3, 0.4) is 0 Å². The second-order valence-corrected chi connectivity index (χ2v) is 3.37. The molecule has 7 heteroatoms. The summed E-state index contributed by atoms with van der Waals surface area (Å²) in [4.78, 5) is 11.4. The van der Waals surface area contributed by atoms with Crippen molar-refractivity contribution in [2.45, 2.75) is 30.7 Å². The van der Waals surface area contributed by atoms with E-state index in [4.69, 9.17) is 14.2 Å². The lowest BCUT2D eigenvalue weighted by molar-refractivity contribution is -0.291. The molecule has 1 aliphatic heterocycles. The zero-order valence-electron chi connectivity index (χ0n) is 9.32. The molecule has 0 aliphatic carbocycles. The van der Waals surface area contributed by atoms with Gasteiger partial charge in [-0.2, -0.15) is 0 Å². The van der Waals surface area contributed by atoms with Crippen molar-refractivity contribution in [1.29, 1.82) is 0 Å². The summed E-state index contributed by atoms with van der Waals surface area (Å²) < 4.78 is 19.4. The molecule has 5 atom stereocenters. The van der Waals surface area contributed by atoms with Crippen molar-refractivity contribution in [1.82, 2.24) is 0 Å². The first-order valence-electron chi connectivity index (χ1n) is 4.71. The molecule has 1 aliphatic rings. The fraction of sp³-hybridized carbons (Fsp3) is 0.889. The Bertz CT molecular complexity index is 244. The van der Waals surface area contributed by atoms with E-state index in [0.717, 1.165) is 0 Å². The summed E-state index contributed by atoms with van der Waals surface area (Å²) >= 11 is 0. The number of carbonyl (C=O) groups is 1. The van der Waals surface area contributed by atoms with Crippen LogP contribution < -0.4 is 0 Å². The lowest BCUT2D eigenvalue weighted by Gasteiger charge is -2.39. The van der Waals surface area contributed by atoms with E-state index in [1.165, 1.54) is 21.3 Å². The third kappa shape index (κ3) is 2.33. The summed E-state index contributed by atoms with van der Waals surface area (Å²) in [7, 11) is 3.78. The Hall–Kier alpha value is -0.730. The molecule has 1 rings (SSSR count). The van der Waals surface area contributed by atoms with Crippen molar-refractivity contribution in [3.05, 3.63) is 0 Å². The molecule has 0 saturated carbocycles. The molecule has 16 heavy (non-hydrogen) atoms. The second kappa shape index (κ2) is 5.55. The molecular weight excluding hydrogens is 220 g/mol. The summed E-state index contributed by atoms with van der Waals surface area (Å²) in [5.41, 5.74) is 0. The molecule has 2 N–H and O–H groups in total. The van der Waals surface area contributed by atoms with Gasteiger partial charge in [0, 0.05) is 14.2 Å². The van der Waals surface area contributed by atoms with Gasteiger partial charge in [-0.3, -0.25) is 0 Å². The van der Waals surface area contributed by atoms with Gasteiger partial charge in [0.05, 0.1) is 7.11 Å². The Balaban J connectivity index is 2.85. The molecule has 1 heterocycles. The molecule has 0 aromatic heterocycles. The molecule has 7 nitrogen and oxygen atoms in total. The highest BCUT2D eigenvalue weighted by molar-refractivity contribution is 5.75. The number of hydrogen-bond donors (Lipinski definition) is 2. The van der Waals surface area contributed by atoms with Gasteiger partial charge in [0.15, 0.2) is 12.4 Å². The number of rotatable bonds is 3. The van der Waals surface area contributed by atoms with Crippen LogP contribution in [0, 0.1) is 0 Å². The minimum atomic E-state index is -1.28. The number of aliphatic hydroxyl groups is 2. The third-order valence-electron chi connectivity index (χ3n) is 2.48. The maximum absolute atomic E-state index is 11.4. The predicted molar refractivity (Wildman–Crippen MR) is 50.5 cm³/mol. The first-order valence-corrected chi connectivity index (χ1v) is 4.71. The highest BCUT2D eigenvalue weighted by Crippen LogP contribution is 2.24. The van der Waals surface area contributed by atoms with E-state index < -0.39 is 36.7 Å². The van der Waals surface area contributed by atoms with E-state index in [0.29, 0.717) is 0 Å². The number of esters is 1. The Morgan fingerprint density at radius 3 is 2.19 bits per heavy atom. The van der Waals surface area contributed by atoms with Crippen LogP contribution in [0.2, 0.25) is 0 Å². The number of carbonyl (C=O) groups excluding carboxylic acids is 1. The molecule has 0 spiro atoms. The third-order valence-corrected chi connectivity index (χ3v) is 2.48. The van der Waals surface area contributed by atoms with E-state index in [9.17, 15) is 15.0 Å². The first-order chi connectivity index (χ1) is 7.56. The van der Waals surface area contributed by atoms with Gasteiger partial charge in [-0.15, -0.1) is 0 Å². The predicted octanol–water partition coefficient (Wildman–Crippen LogP) is -1.73. The molecule has 0 radical (unpaired) electrons. The van der Waals surface area contributed by atoms with Gasteiger partial charge in [0.2, 0.25) is 0 Å². The number of methoxy groups -OCH3 is 3. The van der Waals surface area contributed by atoms with Gasteiger partial charge in [-0.25, -0.2) is 4.79 Å². The Morgan fingerprint density at radius 1 is 1.12 bits per heavy atom. The molecule has 94 valence electrons. The second-order valence-electron chi connectivity index (χ2n) is 3.37.